The van der Waals surface area contributed by atoms with Crippen molar-refractivity contribution < 1.29 is 9.15 Å². The summed E-state index contributed by atoms with van der Waals surface area (Å²) in [5, 5.41) is 0. The average molecular weight is 760 g/mol. The lowest BCUT2D eigenvalue weighted by atomic mass is 9.57. The van der Waals surface area contributed by atoms with Crippen LogP contribution < -0.4 is 4.74 Å². The van der Waals surface area contributed by atoms with Crippen molar-refractivity contribution in [1.82, 2.24) is 4.90 Å². The van der Waals surface area contributed by atoms with Crippen LogP contribution in [0.25, 0.3) is 11.1 Å². The Morgan fingerprint density at radius 2 is 1.51 bits per heavy atom. The van der Waals surface area contributed by atoms with Crippen LogP contribution in [0.15, 0.2) is 40.8 Å². The lowest BCUT2D eigenvalue weighted by Crippen LogP contribution is -2.63. The first-order chi connectivity index (χ1) is 26.3. The number of hydrogen-bond acceptors (Lipinski definition) is 3. The minimum absolute atomic E-state index is 0.377. The van der Waals surface area contributed by atoms with Gasteiger partial charge < -0.3 is 14.1 Å². The Kier molecular flexibility index (Phi) is 22.4. The number of ether oxygens (including phenoxy) is 1. The molecule has 1 aromatic carbocycles. The third-order valence-corrected chi connectivity index (χ3v) is 12.2. The molecule has 5 rings (SSSR count). The highest BCUT2D eigenvalue weighted by molar-refractivity contribution is 5.82. The third kappa shape index (κ3) is 15.5. The fraction of sp³-hybridized carbons (Fsp3) is 0.731. The molecule has 3 heteroatoms. The van der Waals surface area contributed by atoms with Gasteiger partial charge in [-0.05, 0) is 149 Å². The van der Waals surface area contributed by atoms with E-state index in [0.717, 1.165) is 53.8 Å². The molecule has 0 N–H and O–H groups in total. The molecule has 2 aliphatic carbocycles. The zero-order chi connectivity index (χ0) is 41.0. The minimum atomic E-state index is 0.377. The first-order valence-electron chi connectivity index (χ1n) is 23.3. The Morgan fingerprint density at radius 3 is 1.98 bits per heavy atom. The zero-order valence-corrected chi connectivity index (χ0v) is 38.9. The number of furan rings is 1. The Bertz CT molecular complexity index is 1380. The van der Waals surface area contributed by atoms with Crippen LogP contribution in [0.5, 0.6) is 5.75 Å². The first kappa shape index (κ1) is 48.9. The molecule has 3 fully saturated rings. The van der Waals surface area contributed by atoms with E-state index in [0.29, 0.717) is 11.5 Å². The predicted octanol–water partition coefficient (Wildman–Crippen LogP) is 16.3. The van der Waals surface area contributed by atoms with Crippen molar-refractivity contribution in [1.29, 1.82) is 0 Å². The van der Waals surface area contributed by atoms with E-state index in [4.69, 9.17) is 9.15 Å². The fourth-order valence-electron chi connectivity index (χ4n) is 9.56. The second-order valence-corrected chi connectivity index (χ2v) is 18.1. The van der Waals surface area contributed by atoms with Crippen molar-refractivity contribution in [3.8, 4) is 5.75 Å². The van der Waals surface area contributed by atoms with Crippen molar-refractivity contribution >= 4 is 11.1 Å². The zero-order valence-electron chi connectivity index (χ0n) is 38.9. The SMILES string of the molecule is CC.CCC/C=C(/C=C(/C)c1cc(CC)c(OC2CC3(C2)CN(C)C3)cc1C)c1ccc(C)o1.CCCCC(C)C.CCCCC1CC(CCC)(CCC)C1. The topological polar surface area (TPSA) is 25.6 Å². The van der Waals surface area contributed by atoms with E-state index in [1.165, 1.54) is 118 Å². The standard InChI is InChI=1S/C29H39NO2.C14H28.C7H16.C2H6/c1-7-9-10-24(27-12-11-22(5)31-27)13-20(3)26-15-23(8-2)28(14-21(26)4)32-25-16-29(17-25)18-30(6)19-29;1-4-7-8-13-11-14(12-13,9-5-2)10-6-3;1-4-5-6-7(2)3;1-2/h10-15,25H,7-9,16-19H2,1-6H3;13H,4-12H2,1-3H3;7H,4-6H2,1-3H3;1-2H3/b20-13-,24-10-;;;. The summed E-state index contributed by atoms with van der Waals surface area (Å²) in [7, 11) is 2.21. The quantitative estimate of drug-likeness (QED) is 0.142. The minimum Gasteiger partial charge on any atom is -0.490 e. The van der Waals surface area contributed by atoms with Gasteiger partial charge in [0.2, 0.25) is 0 Å². The van der Waals surface area contributed by atoms with Crippen LogP contribution in [-0.2, 0) is 6.42 Å². The van der Waals surface area contributed by atoms with Gasteiger partial charge in [0.25, 0.3) is 0 Å². The molecule has 1 aliphatic heterocycles. The summed E-state index contributed by atoms with van der Waals surface area (Å²) in [4.78, 5) is 2.41. The highest BCUT2D eigenvalue weighted by Gasteiger charge is 2.52. The molecule has 1 aromatic heterocycles. The van der Waals surface area contributed by atoms with Gasteiger partial charge >= 0.3 is 0 Å². The van der Waals surface area contributed by atoms with Crippen molar-refractivity contribution in [2.75, 3.05) is 20.1 Å². The summed E-state index contributed by atoms with van der Waals surface area (Å²) < 4.78 is 12.4. The fourth-order valence-corrected chi connectivity index (χ4v) is 9.56. The van der Waals surface area contributed by atoms with Gasteiger partial charge in [0, 0.05) is 24.1 Å². The van der Waals surface area contributed by atoms with Gasteiger partial charge in [-0.3, -0.25) is 0 Å². The molecule has 0 atom stereocenters. The van der Waals surface area contributed by atoms with Crippen molar-refractivity contribution in [3.05, 3.63) is 64.6 Å². The van der Waals surface area contributed by atoms with Crippen LogP contribution in [0, 0.1) is 36.5 Å². The van der Waals surface area contributed by atoms with Crippen molar-refractivity contribution in [2.24, 2.45) is 22.7 Å². The van der Waals surface area contributed by atoms with Crippen LogP contribution in [0.4, 0.5) is 0 Å². The summed E-state index contributed by atoms with van der Waals surface area (Å²) in [5.41, 5.74) is 7.64. The summed E-state index contributed by atoms with van der Waals surface area (Å²) in [5.74, 6) is 4.97. The highest BCUT2D eigenvalue weighted by atomic mass is 16.5. The molecule has 314 valence electrons. The molecule has 0 amide bonds. The Morgan fingerprint density at radius 1 is 0.873 bits per heavy atom. The van der Waals surface area contributed by atoms with Crippen molar-refractivity contribution in [3.63, 3.8) is 0 Å². The van der Waals surface area contributed by atoms with Gasteiger partial charge in [-0.25, -0.2) is 0 Å². The molecular formula is C52H89NO2. The monoisotopic (exact) mass is 760 g/mol. The highest BCUT2D eigenvalue weighted by Crippen LogP contribution is 2.53. The third-order valence-electron chi connectivity index (χ3n) is 12.2. The summed E-state index contributed by atoms with van der Waals surface area (Å²) in [6, 6.07) is 8.72. The van der Waals surface area contributed by atoms with E-state index in [2.05, 4.69) is 112 Å². The number of allylic oxidation sites excluding steroid dienone is 4. The molecule has 0 bridgehead atoms. The normalized spacial score (nSPS) is 17.9. The lowest BCUT2D eigenvalue weighted by Gasteiger charge is -2.57. The molecule has 2 aromatic rings. The lowest BCUT2D eigenvalue weighted by molar-refractivity contribution is -0.109. The smallest absolute Gasteiger partial charge is 0.133 e. The molecular weight excluding hydrogens is 671 g/mol. The number of unbranched alkanes of at least 4 members (excludes halogenated alkanes) is 3. The van der Waals surface area contributed by atoms with Crippen LogP contribution in [0.2, 0.25) is 0 Å². The Hall–Kier alpha value is -2.26. The molecule has 1 saturated heterocycles. The van der Waals surface area contributed by atoms with Gasteiger partial charge in [0.05, 0.1) is 6.10 Å². The van der Waals surface area contributed by atoms with E-state index in [1.54, 1.807) is 12.8 Å². The molecule has 0 unspecified atom stereocenters. The maximum atomic E-state index is 6.50. The van der Waals surface area contributed by atoms with Crippen LogP contribution in [0.3, 0.4) is 0 Å². The summed E-state index contributed by atoms with van der Waals surface area (Å²) >= 11 is 0. The summed E-state index contributed by atoms with van der Waals surface area (Å²) in [6.45, 7) is 31.1. The number of hydrogen-bond donors (Lipinski definition) is 0. The van der Waals surface area contributed by atoms with E-state index >= 15 is 0 Å². The van der Waals surface area contributed by atoms with Gasteiger partial charge in [-0.2, -0.15) is 0 Å². The number of nitrogens with zero attached hydrogens (tertiary/aromatic N) is 1. The van der Waals surface area contributed by atoms with Crippen LogP contribution in [0.1, 0.15) is 207 Å². The van der Waals surface area contributed by atoms with E-state index in [-0.39, 0.29) is 0 Å². The molecule has 2 heterocycles. The molecule has 0 radical (unpaired) electrons. The van der Waals surface area contributed by atoms with Gasteiger partial charge in [0.1, 0.15) is 17.3 Å². The van der Waals surface area contributed by atoms with Crippen LogP contribution >= 0.6 is 0 Å². The van der Waals surface area contributed by atoms with Crippen molar-refractivity contribution in [2.45, 2.75) is 205 Å². The Labute approximate surface area is 342 Å². The summed E-state index contributed by atoms with van der Waals surface area (Å²) in [6.07, 6.45) is 27.8. The van der Waals surface area contributed by atoms with Crippen LogP contribution in [-0.4, -0.2) is 31.1 Å². The van der Waals surface area contributed by atoms with Gasteiger partial charge in [0.15, 0.2) is 0 Å². The second-order valence-electron chi connectivity index (χ2n) is 18.1. The Balaban J connectivity index is 0.000000375. The maximum absolute atomic E-state index is 6.50. The molecule has 3 aliphatic rings. The van der Waals surface area contributed by atoms with Gasteiger partial charge in [-0.15, -0.1) is 0 Å². The maximum Gasteiger partial charge on any atom is 0.133 e. The molecule has 2 saturated carbocycles. The van der Waals surface area contributed by atoms with E-state index < -0.39 is 0 Å². The number of likely N-dealkylation sites (tertiary alicyclic amines) is 1. The molecule has 3 nitrogen and oxygen atoms in total. The van der Waals surface area contributed by atoms with Gasteiger partial charge in [-0.1, -0.05) is 133 Å². The predicted molar refractivity (Wildman–Crippen MR) is 244 cm³/mol. The van der Waals surface area contributed by atoms with E-state index in [9.17, 15) is 0 Å². The molecule has 1 spiro atoms. The first-order valence-corrected chi connectivity index (χ1v) is 23.3. The van der Waals surface area contributed by atoms with E-state index in [1.807, 2.05) is 26.8 Å². The second kappa shape index (κ2) is 25.2. The number of benzene rings is 1. The average Bonchev–Trinajstić information content (AvgIpc) is 3.56. The molecule has 55 heavy (non-hydrogen) atoms. The number of rotatable bonds is 18. The largest absolute Gasteiger partial charge is 0.490 e. The number of aryl methyl sites for hydroxylation is 3.